The fourth-order valence-corrected chi connectivity index (χ4v) is 6.09. The second-order valence-corrected chi connectivity index (χ2v) is 11.5. The van der Waals surface area contributed by atoms with Crippen molar-refractivity contribution in [3.05, 3.63) is 119 Å². The van der Waals surface area contributed by atoms with E-state index in [4.69, 9.17) is 9.02 Å². The monoisotopic (exact) mass is 604 g/mol. The lowest BCUT2D eigenvalue weighted by atomic mass is 9.90. The average molecular weight is 605 g/mol. The zero-order valence-electron chi connectivity index (χ0n) is 20.3. The Morgan fingerprint density at radius 1 is 0.718 bits per heavy atom. The number of hydrogen-bond acceptors (Lipinski definition) is 7. The number of amides is 2. The molecule has 0 spiro atoms. The predicted molar refractivity (Wildman–Crippen MR) is 147 cm³/mol. The van der Waals surface area contributed by atoms with Gasteiger partial charge in [-0.1, -0.05) is 64.5 Å². The fourth-order valence-electron chi connectivity index (χ4n) is 4.88. The molecule has 0 unspecified atom stereocenters. The zero-order chi connectivity index (χ0) is 27.1. The minimum Gasteiger partial charge on any atom is -0.379 e. The van der Waals surface area contributed by atoms with Gasteiger partial charge in [-0.2, -0.15) is 8.42 Å². The van der Waals surface area contributed by atoms with Crippen molar-refractivity contribution in [3.8, 4) is 5.75 Å². The Morgan fingerprint density at radius 3 is 1.97 bits per heavy atom. The van der Waals surface area contributed by atoms with Crippen molar-refractivity contribution < 1.29 is 27.0 Å². The van der Waals surface area contributed by atoms with Gasteiger partial charge in [-0.15, -0.1) is 0 Å². The number of hydrogen-bond donors (Lipinski definition) is 0. The van der Waals surface area contributed by atoms with Gasteiger partial charge in [0.05, 0.1) is 17.4 Å². The van der Waals surface area contributed by atoms with E-state index < -0.39 is 34.1 Å². The summed E-state index contributed by atoms with van der Waals surface area (Å²) in [5.41, 5.74) is 1.81. The fraction of sp³-hybridized carbons (Fsp3) is 0.103. The van der Waals surface area contributed by atoms with Crippen LogP contribution in [0.25, 0.3) is 0 Å². The van der Waals surface area contributed by atoms with Crippen molar-refractivity contribution in [3.63, 3.8) is 0 Å². The van der Waals surface area contributed by atoms with Crippen LogP contribution in [0.5, 0.6) is 5.75 Å². The molecule has 6 rings (SSSR count). The van der Waals surface area contributed by atoms with Crippen LogP contribution in [-0.4, -0.2) is 26.3 Å². The van der Waals surface area contributed by atoms with E-state index in [1.165, 1.54) is 29.2 Å². The smallest absolute Gasteiger partial charge is 0.339 e. The lowest BCUT2D eigenvalue weighted by Gasteiger charge is -2.28. The summed E-state index contributed by atoms with van der Waals surface area (Å²) in [5, 5.41) is 1.58. The van der Waals surface area contributed by atoms with Gasteiger partial charge in [0.15, 0.2) is 6.10 Å². The van der Waals surface area contributed by atoms with Crippen molar-refractivity contribution in [2.45, 2.75) is 17.0 Å². The third-order valence-electron chi connectivity index (χ3n) is 6.67. The van der Waals surface area contributed by atoms with Gasteiger partial charge in [0, 0.05) is 4.47 Å². The largest absolute Gasteiger partial charge is 0.379 e. The Labute approximate surface area is 233 Å². The molecule has 2 saturated heterocycles. The SMILES string of the molecule is O=C1[C@H]2[C@@H](c3ccc(OS(=O)(=O)c4ccccc4)cc3)N(c3ccccc3)O[C@H]2C(=O)N1c1ccc(Br)cc1. The topological polar surface area (TPSA) is 93.2 Å². The second kappa shape index (κ2) is 9.96. The summed E-state index contributed by atoms with van der Waals surface area (Å²) in [6, 6.07) is 29.8. The number of para-hydroxylation sites is 1. The van der Waals surface area contributed by atoms with Gasteiger partial charge in [-0.25, -0.2) is 9.96 Å². The normalized spacial score (nSPS) is 20.8. The van der Waals surface area contributed by atoms with Crippen LogP contribution in [0.4, 0.5) is 11.4 Å². The lowest BCUT2D eigenvalue weighted by Crippen LogP contribution is -2.37. The summed E-state index contributed by atoms with van der Waals surface area (Å²) in [6.45, 7) is 0. The van der Waals surface area contributed by atoms with Crippen molar-refractivity contribution in [1.29, 1.82) is 0 Å². The first-order valence-electron chi connectivity index (χ1n) is 12.1. The molecule has 8 nitrogen and oxygen atoms in total. The van der Waals surface area contributed by atoms with Crippen LogP contribution < -0.4 is 14.1 Å². The number of hydroxylamine groups is 1. The highest BCUT2D eigenvalue weighted by atomic mass is 79.9. The molecule has 2 fully saturated rings. The third-order valence-corrected chi connectivity index (χ3v) is 8.46. The van der Waals surface area contributed by atoms with Gasteiger partial charge in [-0.05, 0) is 66.2 Å². The number of halogens is 1. The van der Waals surface area contributed by atoms with Crippen molar-refractivity contribution in [1.82, 2.24) is 0 Å². The maximum Gasteiger partial charge on any atom is 0.339 e. The first-order chi connectivity index (χ1) is 18.8. The summed E-state index contributed by atoms with van der Waals surface area (Å²) in [6.07, 6.45) is -1.01. The number of carbonyl (C=O) groups is 2. The number of fused-ring (bicyclic) bond motifs is 1. The number of anilines is 2. The van der Waals surface area contributed by atoms with Gasteiger partial charge < -0.3 is 4.18 Å². The molecule has 0 aliphatic carbocycles. The molecule has 2 aliphatic heterocycles. The van der Waals surface area contributed by atoms with Crippen molar-refractivity contribution in [2.24, 2.45) is 5.92 Å². The van der Waals surface area contributed by atoms with Crippen LogP contribution in [0.2, 0.25) is 0 Å². The Bertz CT molecular complexity index is 1630. The second-order valence-electron chi connectivity index (χ2n) is 9.07. The lowest BCUT2D eigenvalue weighted by molar-refractivity contribution is -0.126. The van der Waals surface area contributed by atoms with Crippen molar-refractivity contribution >= 4 is 49.2 Å². The summed E-state index contributed by atoms with van der Waals surface area (Å²) in [4.78, 5) is 34.5. The molecule has 4 aromatic carbocycles. The predicted octanol–water partition coefficient (Wildman–Crippen LogP) is 5.27. The first kappa shape index (κ1) is 25.3. The summed E-state index contributed by atoms with van der Waals surface area (Å²) < 4.78 is 31.5. The van der Waals surface area contributed by atoms with Crippen LogP contribution in [0.1, 0.15) is 11.6 Å². The van der Waals surface area contributed by atoms with E-state index in [2.05, 4.69) is 15.9 Å². The van der Waals surface area contributed by atoms with E-state index in [1.807, 2.05) is 30.3 Å². The van der Waals surface area contributed by atoms with Gasteiger partial charge in [0.25, 0.3) is 5.91 Å². The Kier molecular flexibility index (Phi) is 6.46. The number of benzene rings is 4. The van der Waals surface area contributed by atoms with E-state index in [0.717, 1.165) is 4.47 Å². The minimum atomic E-state index is -4.01. The van der Waals surface area contributed by atoms with Crippen molar-refractivity contribution in [2.75, 3.05) is 9.96 Å². The van der Waals surface area contributed by atoms with E-state index in [0.29, 0.717) is 16.9 Å². The molecule has 0 aromatic heterocycles. The maximum atomic E-state index is 13.7. The van der Waals surface area contributed by atoms with Crippen LogP contribution in [0.15, 0.2) is 119 Å². The van der Waals surface area contributed by atoms with Gasteiger partial charge in [0.2, 0.25) is 5.91 Å². The number of carbonyl (C=O) groups excluding carboxylic acids is 2. The zero-order valence-corrected chi connectivity index (χ0v) is 22.7. The van der Waals surface area contributed by atoms with Crippen LogP contribution in [-0.2, 0) is 24.5 Å². The molecule has 4 aromatic rings. The molecule has 2 amide bonds. The highest BCUT2D eigenvalue weighted by Gasteiger charge is 2.60. The first-order valence-corrected chi connectivity index (χ1v) is 14.3. The number of nitrogens with zero attached hydrogens (tertiary/aromatic N) is 2. The Morgan fingerprint density at radius 2 is 1.33 bits per heavy atom. The van der Waals surface area contributed by atoms with E-state index >= 15 is 0 Å². The molecule has 0 saturated carbocycles. The average Bonchev–Trinajstić information content (AvgIpc) is 3.46. The molecule has 2 aliphatic rings. The standard InChI is InChI=1S/C29H21BrN2O6S/c30-20-13-15-21(16-14-20)31-28(33)25-26(32(37-27(25)29(31)34)22-7-3-1-4-8-22)19-11-17-23(18-12-19)38-39(35,36)24-9-5-2-6-10-24/h1-18,25-27H/t25-,26+,27+/m0/s1. The summed E-state index contributed by atoms with van der Waals surface area (Å²) in [5.74, 6) is -1.51. The summed E-state index contributed by atoms with van der Waals surface area (Å²) in [7, 11) is -4.01. The van der Waals surface area contributed by atoms with E-state index in [9.17, 15) is 18.0 Å². The molecule has 39 heavy (non-hydrogen) atoms. The number of rotatable bonds is 6. The van der Waals surface area contributed by atoms with Crippen LogP contribution in [0, 0.1) is 5.92 Å². The quantitative estimate of drug-likeness (QED) is 0.219. The molecule has 0 N–H and O–H groups in total. The molecule has 3 atom stereocenters. The molecular formula is C29H21BrN2O6S. The molecule has 0 radical (unpaired) electrons. The van der Waals surface area contributed by atoms with Gasteiger partial charge in [0.1, 0.15) is 16.6 Å². The summed E-state index contributed by atoms with van der Waals surface area (Å²) >= 11 is 3.38. The van der Waals surface area contributed by atoms with E-state index in [-0.39, 0.29) is 16.6 Å². The Hall–Kier alpha value is -3.99. The van der Waals surface area contributed by atoms with Gasteiger partial charge >= 0.3 is 10.1 Å². The Balaban J connectivity index is 1.34. The molecule has 2 heterocycles. The highest BCUT2D eigenvalue weighted by Crippen LogP contribution is 2.47. The third kappa shape index (κ3) is 4.60. The van der Waals surface area contributed by atoms with Gasteiger partial charge in [-0.3, -0.25) is 14.4 Å². The van der Waals surface area contributed by atoms with Crippen LogP contribution in [0.3, 0.4) is 0 Å². The molecule has 0 bridgehead atoms. The van der Waals surface area contributed by atoms with E-state index in [1.54, 1.807) is 59.7 Å². The van der Waals surface area contributed by atoms with Crippen LogP contribution >= 0.6 is 15.9 Å². The maximum absolute atomic E-state index is 13.7. The molecule has 196 valence electrons. The highest BCUT2D eigenvalue weighted by molar-refractivity contribution is 9.10. The molecular weight excluding hydrogens is 584 g/mol. The molecule has 10 heteroatoms. The number of imide groups is 1. The minimum absolute atomic E-state index is 0.0412.